The monoisotopic (exact) mass is 417 g/mol. The van der Waals surface area contributed by atoms with Crippen LogP contribution >= 0.6 is 0 Å². The molecule has 0 aliphatic heterocycles. The van der Waals surface area contributed by atoms with Gasteiger partial charge in [0.25, 0.3) is 0 Å². The van der Waals surface area contributed by atoms with Crippen molar-refractivity contribution >= 4 is 16.9 Å². The maximum Gasteiger partial charge on any atom is 0.240 e. The first-order valence-corrected chi connectivity index (χ1v) is 10.2. The molecular weight excluding hydrogens is 393 g/mol. The summed E-state index contributed by atoms with van der Waals surface area (Å²) in [5, 5.41) is 2.98. The van der Waals surface area contributed by atoms with Gasteiger partial charge in [-0.05, 0) is 54.8 Å². The Morgan fingerprint density at radius 3 is 2.58 bits per heavy atom. The van der Waals surface area contributed by atoms with Crippen molar-refractivity contribution < 1.29 is 13.9 Å². The number of imidazole rings is 1. The Morgan fingerprint density at radius 2 is 1.84 bits per heavy atom. The zero-order valence-electron chi connectivity index (χ0n) is 17.3. The molecule has 3 aromatic carbocycles. The molecule has 0 unspecified atom stereocenters. The van der Waals surface area contributed by atoms with Gasteiger partial charge in [0.2, 0.25) is 5.91 Å². The number of benzene rings is 3. The summed E-state index contributed by atoms with van der Waals surface area (Å²) in [6.07, 6.45) is 1.77. The van der Waals surface area contributed by atoms with Crippen LogP contribution in [0.3, 0.4) is 0 Å². The molecule has 1 amide bonds. The number of carbonyl (C=O) groups excluding carboxylic acids is 1. The van der Waals surface area contributed by atoms with Crippen LogP contribution in [0.15, 0.2) is 72.8 Å². The predicted molar refractivity (Wildman–Crippen MR) is 119 cm³/mol. The van der Waals surface area contributed by atoms with Crippen LogP contribution in [-0.4, -0.2) is 29.1 Å². The Labute approximate surface area is 180 Å². The molecule has 0 fully saturated rings. The summed E-state index contributed by atoms with van der Waals surface area (Å²) in [6.45, 7) is 0.696. The number of aromatic nitrogens is 2. The molecule has 4 aromatic rings. The number of methoxy groups -OCH3 is 1. The van der Waals surface area contributed by atoms with Gasteiger partial charge in [-0.2, -0.15) is 0 Å². The minimum atomic E-state index is -0.358. The number of hydrogen-bond acceptors (Lipinski definition) is 3. The second-order valence-electron chi connectivity index (χ2n) is 7.32. The third-order valence-corrected chi connectivity index (χ3v) is 5.17. The molecule has 0 spiro atoms. The molecule has 1 heterocycles. The van der Waals surface area contributed by atoms with Gasteiger partial charge in [-0.1, -0.05) is 30.3 Å². The molecule has 4 rings (SSSR count). The molecule has 5 nitrogen and oxygen atoms in total. The number of fused-ring (bicyclic) bond motifs is 1. The van der Waals surface area contributed by atoms with Gasteiger partial charge in [0.1, 0.15) is 23.9 Å². The normalized spacial score (nSPS) is 10.9. The van der Waals surface area contributed by atoms with E-state index in [0.717, 1.165) is 24.2 Å². The summed E-state index contributed by atoms with van der Waals surface area (Å²) in [5.74, 6) is 0.881. The molecule has 0 saturated carbocycles. The lowest BCUT2D eigenvalue weighted by Crippen LogP contribution is -2.29. The van der Waals surface area contributed by atoms with E-state index in [1.807, 2.05) is 47.0 Å². The number of amides is 1. The number of aryl methyl sites for hydroxylation is 1. The standard InChI is InChI=1S/C25H24FN3O2/c1-31-21-12-9-19(10-13-21)25-28-22-16-20(26)11-14-23(22)29(25)17-24(30)27-15-5-8-18-6-3-2-4-7-18/h2-4,6-7,9-14,16H,5,8,15,17H2,1H3,(H,27,30). The Balaban J connectivity index is 1.50. The van der Waals surface area contributed by atoms with Crippen LogP contribution in [0, 0.1) is 5.82 Å². The van der Waals surface area contributed by atoms with Crippen LogP contribution in [0.5, 0.6) is 5.75 Å². The summed E-state index contributed by atoms with van der Waals surface area (Å²) in [7, 11) is 1.61. The first kappa shape index (κ1) is 20.6. The first-order valence-electron chi connectivity index (χ1n) is 10.2. The van der Waals surface area contributed by atoms with E-state index in [1.54, 1.807) is 13.2 Å². The maximum atomic E-state index is 13.7. The first-order chi connectivity index (χ1) is 15.1. The van der Waals surface area contributed by atoms with Gasteiger partial charge >= 0.3 is 0 Å². The quantitative estimate of drug-likeness (QED) is 0.426. The van der Waals surface area contributed by atoms with Gasteiger partial charge in [0.05, 0.1) is 18.1 Å². The lowest BCUT2D eigenvalue weighted by molar-refractivity contribution is -0.121. The van der Waals surface area contributed by atoms with E-state index in [1.165, 1.54) is 17.7 Å². The van der Waals surface area contributed by atoms with Crippen LogP contribution in [0.25, 0.3) is 22.4 Å². The van der Waals surface area contributed by atoms with Crippen LogP contribution in [0.2, 0.25) is 0 Å². The zero-order chi connectivity index (χ0) is 21.6. The topological polar surface area (TPSA) is 56.2 Å². The van der Waals surface area contributed by atoms with Crippen molar-refractivity contribution in [1.29, 1.82) is 0 Å². The molecule has 0 atom stereocenters. The van der Waals surface area contributed by atoms with E-state index in [0.29, 0.717) is 23.4 Å². The molecule has 0 aliphatic rings. The molecule has 0 bridgehead atoms. The van der Waals surface area contributed by atoms with Gasteiger partial charge in [0, 0.05) is 18.2 Å². The van der Waals surface area contributed by atoms with Crippen LogP contribution in [-0.2, 0) is 17.8 Å². The Hall–Kier alpha value is -3.67. The number of nitrogens with one attached hydrogen (secondary N) is 1. The van der Waals surface area contributed by atoms with Crippen molar-refractivity contribution in [2.45, 2.75) is 19.4 Å². The highest BCUT2D eigenvalue weighted by Crippen LogP contribution is 2.27. The molecule has 1 aromatic heterocycles. The van der Waals surface area contributed by atoms with Crippen LogP contribution < -0.4 is 10.1 Å². The SMILES string of the molecule is COc1ccc(-c2nc3cc(F)ccc3n2CC(=O)NCCCc2ccccc2)cc1. The van der Waals surface area contributed by atoms with Crippen molar-refractivity contribution in [3.05, 3.63) is 84.2 Å². The molecule has 158 valence electrons. The second kappa shape index (κ2) is 9.43. The second-order valence-corrected chi connectivity index (χ2v) is 7.32. The van der Waals surface area contributed by atoms with Crippen molar-refractivity contribution in [2.75, 3.05) is 13.7 Å². The van der Waals surface area contributed by atoms with Gasteiger partial charge in [-0.15, -0.1) is 0 Å². The van der Waals surface area contributed by atoms with Gasteiger partial charge in [-0.25, -0.2) is 9.37 Å². The number of nitrogens with zero attached hydrogens (tertiary/aromatic N) is 2. The van der Waals surface area contributed by atoms with Gasteiger partial charge < -0.3 is 14.6 Å². The Bertz CT molecular complexity index is 1170. The largest absolute Gasteiger partial charge is 0.497 e. The summed E-state index contributed by atoms with van der Waals surface area (Å²) < 4.78 is 20.8. The van der Waals surface area contributed by atoms with E-state index in [9.17, 15) is 9.18 Å². The number of halogens is 1. The molecule has 0 saturated heterocycles. The van der Waals surface area contributed by atoms with E-state index in [4.69, 9.17) is 4.74 Å². The molecule has 31 heavy (non-hydrogen) atoms. The third-order valence-electron chi connectivity index (χ3n) is 5.17. The highest BCUT2D eigenvalue weighted by Gasteiger charge is 2.16. The third kappa shape index (κ3) is 4.91. The number of carbonyl (C=O) groups is 1. The number of ether oxygens (including phenoxy) is 1. The average molecular weight is 417 g/mol. The van der Waals surface area contributed by atoms with Gasteiger partial charge in [-0.3, -0.25) is 4.79 Å². The van der Waals surface area contributed by atoms with Gasteiger partial charge in [0.15, 0.2) is 0 Å². The predicted octanol–water partition coefficient (Wildman–Crippen LogP) is 4.60. The molecular formula is C25H24FN3O2. The Kier molecular flexibility index (Phi) is 6.26. The van der Waals surface area contributed by atoms with Crippen molar-refractivity contribution in [1.82, 2.24) is 14.9 Å². The molecule has 0 aliphatic carbocycles. The number of rotatable bonds is 8. The van der Waals surface area contributed by atoms with Crippen LogP contribution in [0.1, 0.15) is 12.0 Å². The van der Waals surface area contributed by atoms with E-state index >= 15 is 0 Å². The highest BCUT2D eigenvalue weighted by molar-refractivity contribution is 5.84. The van der Waals surface area contributed by atoms with E-state index in [-0.39, 0.29) is 18.3 Å². The molecule has 6 heteroatoms. The summed E-state index contributed by atoms with van der Waals surface area (Å²) in [4.78, 5) is 17.3. The molecule has 0 radical (unpaired) electrons. The number of hydrogen-bond donors (Lipinski definition) is 1. The minimum absolute atomic E-state index is 0.105. The van der Waals surface area contributed by atoms with Crippen molar-refractivity contribution in [3.8, 4) is 17.1 Å². The van der Waals surface area contributed by atoms with Crippen LogP contribution in [0.4, 0.5) is 4.39 Å². The smallest absolute Gasteiger partial charge is 0.240 e. The Morgan fingerprint density at radius 1 is 1.06 bits per heavy atom. The minimum Gasteiger partial charge on any atom is -0.497 e. The zero-order valence-corrected chi connectivity index (χ0v) is 17.3. The fourth-order valence-corrected chi connectivity index (χ4v) is 3.59. The lowest BCUT2D eigenvalue weighted by atomic mass is 10.1. The highest BCUT2D eigenvalue weighted by atomic mass is 19.1. The summed E-state index contributed by atoms with van der Waals surface area (Å²) in [6, 6.07) is 22.1. The summed E-state index contributed by atoms with van der Waals surface area (Å²) >= 11 is 0. The van der Waals surface area contributed by atoms with E-state index in [2.05, 4.69) is 22.4 Å². The fourth-order valence-electron chi connectivity index (χ4n) is 3.59. The average Bonchev–Trinajstić information content (AvgIpc) is 3.14. The fraction of sp³-hybridized carbons (Fsp3) is 0.200. The summed E-state index contributed by atoms with van der Waals surface area (Å²) in [5.41, 5.74) is 3.31. The van der Waals surface area contributed by atoms with Crippen molar-refractivity contribution in [2.24, 2.45) is 0 Å². The van der Waals surface area contributed by atoms with Crippen molar-refractivity contribution in [3.63, 3.8) is 0 Å². The van der Waals surface area contributed by atoms with E-state index < -0.39 is 0 Å². The molecule has 1 N–H and O–H groups in total. The lowest BCUT2D eigenvalue weighted by Gasteiger charge is -2.11. The maximum absolute atomic E-state index is 13.7.